The quantitative estimate of drug-likeness (QED) is 0.0429. The van der Waals surface area contributed by atoms with Crippen LogP contribution in [0.25, 0.3) is 0 Å². The van der Waals surface area contributed by atoms with E-state index < -0.39 is 92.0 Å². The van der Waals surface area contributed by atoms with E-state index in [0.717, 1.165) is 54.4 Å². The van der Waals surface area contributed by atoms with Crippen LogP contribution >= 0.6 is 0 Å². The van der Waals surface area contributed by atoms with Crippen molar-refractivity contribution < 1.29 is 76.6 Å². The molecule has 4 aliphatic rings. The largest absolute Gasteiger partial charge is 0.469 e. The van der Waals surface area contributed by atoms with E-state index in [1.54, 1.807) is 0 Å². The molecule has 4 aromatic carbocycles. The fraction of sp³-hybridized carbons (Fsp3) is 0.552. The number of methoxy groups -OCH3 is 1. The summed E-state index contributed by atoms with van der Waals surface area (Å²) in [6.07, 6.45) is -8.44. The first-order valence-electron chi connectivity index (χ1n) is 26.5. The summed E-state index contributed by atoms with van der Waals surface area (Å²) in [7, 11) is 1.40. The molecule has 4 aliphatic heterocycles. The average Bonchev–Trinajstić information content (AvgIpc) is 3.43. The van der Waals surface area contributed by atoms with Gasteiger partial charge in [0.05, 0.1) is 52.4 Å². The predicted molar refractivity (Wildman–Crippen MR) is 272 cm³/mol. The van der Waals surface area contributed by atoms with Crippen molar-refractivity contribution in [3.63, 3.8) is 0 Å². The maximum absolute atomic E-state index is 13.4. The van der Waals surface area contributed by atoms with Crippen molar-refractivity contribution in [1.82, 2.24) is 5.32 Å². The first kappa shape index (κ1) is 56.5. The molecule has 0 radical (unpaired) electrons. The fourth-order valence-electron chi connectivity index (χ4n) is 9.92. The summed E-state index contributed by atoms with van der Waals surface area (Å²) in [5.74, 6) is -0.607. The molecular formula is C58H75NO16. The zero-order chi connectivity index (χ0) is 52.4. The van der Waals surface area contributed by atoms with E-state index in [0.29, 0.717) is 25.9 Å². The highest BCUT2D eigenvalue weighted by Gasteiger charge is 2.56. The lowest BCUT2D eigenvalue weighted by Gasteiger charge is -2.51. The van der Waals surface area contributed by atoms with E-state index in [9.17, 15) is 19.8 Å². The summed E-state index contributed by atoms with van der Waals surface area (Å²) in [6, 6.07) is 37.6. The van der Waals surface area contributed by atoms with E-state index >= 15 is 0 Å². The molecule has 8 rings (SSSR count). The number of rotatable bonds is 26. The highest BCUT2D eigenvalue weighted by Crippen LogP contribution is 2.38. The van der Waals surface area contributed by atoms with Crippen LogP contribution in [0.5, 0.6) is 0 Å². The molecule has 15 atom stereocenters. The second kappa shape index (κ2) is 29.2. The Bertz CT molecular complexity index is 2260. The van der Waals surface area contributed by atoms with E-state index in [-0.39, 0.29) is 45.1 Å². The van der Waals surface area contributed by atoms with Gasteiger partial charge in [0.1, 0.15) is 54.9 Å². The Morgan fingerprint density at radius 3 is 1.88 bits per heavy atom. The lowest BCUT2D eigenvalue weighted by atomic mass is 9.94. The SMILES string of the molecule is COC(=O)CCCCCCCCO[C@@H]1O[C@H](COCc2ccccc2)[C@@H](O[C@@H]2O[C@@H]3COC(c4ccccc4)O[C@@H]3[C@H](O)[C@H]2O)[C@H](O[C@@H]2O[C@@H](C)C[C@@H](OCc3ccccc3)[C@@H]2OCc2ccccc2)[C@H]1NC(C)=O. The van der Waals surface area contributed by atoms with E-state index in [1.165, 1.54) is 14.0 Å². The van der Waals surface area contributed by atoms with Crippen LogP contribution in [0.4, 0.5) is 0 Å². The van der Waals surface area contributed by atoms with Crippen LogP contribution in [0.15, 0.2) is 121 Å². The average molecular weight is 1040 g/mol. The van der Waals surface area contributed by atoms with E-state index in [1.807, 2.05) is 128 Å². The number of aliphatic hydroxyl groups is 2. The van der Waals surface area contributed by atoms with Crippen molar-refractivity contribution in [2.24, 2.45) is 0 Å². The molecule has 4 saturated heterocycles. The number of carbonyl (C=O) groups is 2. The number of fused-ring (bicyclic) bond motifs is 1. The Morgan fingerprint density at radius 1 is 0.627 bits per heavy atom. The topological polar surface area (TPSA) is 197 Å². The van der Waals surface area contributed by atoms with Crippen LogP contribution in [0.1, 0.15) is 93.8 Å². The molecule has 1 amide bonds. The van der Waals surface area contributed by atoms with Gasteiger partial charge in [-0.3, -0.25) is 9.59 Å². The van der Waals surface area contributed by atoms with Crippen molar-refractivity contribution >= 4 is 11.9 Å². The Kier molecular flexibility index (Phi) is 22.0. The van der Waals surface area contributed by atoms with Gasteiger partial charge < -0.3 is 72.4 Å². The molecule has 75 heavy (non-hydrogen) atoms. The Labute approximate surface area is 440 Å². The van der Waals surface area contributed by atoms with Gasteiger partial charge >= 0.3 is 5.97 Å². The minimum absolute atomic E-state index is 0.0229. The van der Waals surface area contributed by atoms with Gasteiger partial charge in [-0.2, -0.15) is 0 Å². The summed E-state index contributed by atoms with van der Waals surface area (Å²) in [6.45, 7) is 4.32. The van der Waals surface area contributed by atoms with Gasteiger partial charge in [0.25, 0.3) is 0 Å². The first-order valence-corrected chi connectivity index (χ1v) is 26.5. The van der Waals surface area contributed by atoms with Crippen molar-refractivity contribution in [3.8, 4) is 0 Å². The fourth-order valence-corrected chi connectivity index (χ4v) is 9.92. The van der Waals surface area contributed by atoms with Gasteiger partial charge in [-0.15, -0.1) is 0 Å². The number of unbranched alkanes of at least 4 members (excludes halogenated alkanes) is 5. The summed E-state index contributed by atoms with van der Waals surface area (Å²) in [5, 5.41) is 26.8. The molecule has 408 valence electrons. The number of hydrogen-bond donors (Lipinski definition) is 3. The van der Waals surface area contributed by atoms with Crippen molar-refractivity contribution in [2.75, 3.05) is 26.9 Å². The summed E-state index contributed by atoms with van der Waals surface area (Å²) >= 11 is 0. The zero-order valence-corrected chi connectivity index (χ0v) is 43.2. The predicted octanol–water partition coefficient (Wildman–Crippen LogP) is 6.99. The number of amides is 1. The minimum atomic E-state index is -1.62. The molecule has 17 heteroatoms. The van der Waals surface area contributed by atoms with E-state index in [2.05, 4.69) is 5.32 Å². The molecule has 0 aliphatic carbocycles. The number of benzene rings is 4. The molecule has 4 aromatic rings. The number of ether oxygens (including phenoxy) is 12. The van der Waals surface area contributed by atoms with Gasteiger partial charge in [0.2, 0.25) is 5.91 Å². The number of carbonyl (C=O) groups excluding carboxylic acids is 2. The van der Waals surface area contributed by atoms with Gasteiger partial charge in [-0.1, -0.05) is 147 Å². The third-order valence-corrected chi connectivity index (χ3v) is 13.8. The third kappa shape index (κ3) is 16.4. The summed E-state index contributed by atoms with van der Waals surface area (Å²) in [4.78, 5) is 25.0. The van der Waals surface area contributed by atoms with Crippen molar-refractivity contribution in [2.45, 2.75) is 177 Å². The van der Waals surface area contributed by atoms with Crippen molar-refractivity contribution in [3.05, 3.63) is 144 Å². The minimum Gasteiger partial charge on any atom is -0.469 e. The molecule has 1 unspecified atom stereocenters. The Morgan fingerprint density at radius 2 is 1.23 bits per heavy atom. The second-order valence-corrected chi connectivity index (χ2v) is 19.6. The van der Waals surface area contributed by atoms with Crippen LogP contribution in [-0.2, 0) is 86.3 Å². The lowest BCUT2D eigenvalue weighted by molar-refractivity contribution is -0.391. The molecular weight excluding hydrogens is 967 g/mol. The molecule has 0 spiro atoms. The number of esters is 1. The second-order valence-electron chi connectivity index (χ2n) is 19.6. The Balaban J connectivity index is 1.09. The van der Waals surface area contributed by atoms with E-state index in [4.69, 9.17) is 56.8 Å². The van der Waals surface area contributed by atoms with Crippen LogP contribution < -0.4 is 5.32 Å². The van der Waals surface area contributed by atoms with Crippen LogP contribution in [0.3, 0.4) is 0 Å². The molecule has 3 N–H and O–H groups in total. The van der Waals surface area contributed by atoms with Gasteiger partial charge in [-0.05, 0) is 36.5 Å². The number of nitrogens with one attached hydrogen (secondary N) is 1. The molecule has 0 saturated carbocycles. The maximum atomic E-state index is 13.4. The van der Waals surface area contributed by atoms with Crippen LogP contribution in [0.2, 0.25) is 0 Å². The highest BCUT2D eigenvalue weighted by atomic mass is 16.8. The zero-order valence-electron chi connectivity index (χ0n) is 43.2. The van der Waals surface area contributed by atoms with Crippen LogP contribution in [0, 0.1) is 0 Å². The van der Waals surface area contributed by atoms with Gasteiger partial charge in [0.15, 0.2) is 25.2 Å². The highest BCUT2D eigenvalue weighted by molar-refractivity contribution is 5.73. The van der Waals surface area contributed by atoms with Gasteiger partial charge in [0, 0.05) is 31.9 Å². The van der Waals surface area contributed by atoms with Crippen LogP contribution in [-0.4, -0.2) is 135 Å². The molecule has 4 fully saturated rings. The monoisotopic (exact) mass is 1040 g/mol. The van der Waals surface area contributed by atoms with Crippen molar-refractivity contribution in [1.29, 1.82) is 0 Å². The Hall–Kier alpha value is -4.70. The third-order valence-electron chi connectivity index (χ3n) is 13.8. The summed E-state index contributed by atoms with van der Waals surface area (Å²) in [5.41, 5.74) is 3.58. The molecule has 0 aromatic heterocycles. The maximum Gasteiger partial charge on any atom is 0.305 e. The number of aliphatic hydroxyl groups excluding tert-OH is 2. The smallest absolute Gasteiger partial charge is 0.305 e. The first-order chi connectivity index (χ1) is 36.6. The number of hydrogen-bond acceptors (Lipinski definition) is 16. The normalized spacial score (nSPS) is 30.8. The lowest BCUT2D eigenvalue weighted by Crippen LogP contribution is -2.69. The van der Waals surface area contributed by atoms with Gasteiger partial charge in [-0.25, -0.2) is 0 Å². The standard InChI is InChI=1S/C58H75NO16/c1-38-32-44(67-34-41-24-14-9-15-25-41)53(68-35-42-26-16-10-17-27-42)58(70-38)75-54-48(59-39(2)60)56(66-31-21-7-5-4-6-20-30-47(61)64-3)71-45(36-65-33-40-22-12-8-13-23-40)52(54)74-57-50(63)49(62)51-46(72-57)37-69-55(73-51)43-28-18-11-19-29-43/h8-19,22-29,38,44-46,48-58,62-63H,4-7,20-21,30-37H2,1-3H3,(H,59,60)/t38-,44+,45+,46+,48+,49+,50+,51-,52+,53-,54+,55?,56+,57-,58-/m0/s1. The molecule has 17 nitrogen and oxygen atoms in total. The molecule has 0 bridgehead atoms. The molecule has 4 heterocycles. The summed E-state index contributed by atoms with van der Waals surface area (Å²) < 4.78 is 77.8.